The van der Waals surface area contributed by atoms with Gasteiger partial charge in [0.05, 0.1) is 0 Å². The van der Waals surface area contributed by atoms with Crippen LogP contribution in [0.1, 0.15) is 39.5 Å². The Morgan fingerprint density at radius 1 is 0.952 bits per heavy atom. The number of nitrogen functional groups attached to an aromatic ring is 1. The minimum Gasteiger partial charge on any atom is -0.368 e. The molecular weight excluding hydrogens is 264 g/mol. The Labute approximate surface area is 126 Å². The van der Waals surface area contributed by atoms with Crippen LogP contribution in [0.3, 0.4) is 0 Å². The Bertz CT molecular complexity index is 483. The smallest absolute Gasteiger partial charge is 0.231 e. The summed E-state index contributed by atoms with van der Waals surface area (Å²) < 4.78 is 0. The van der Waals surface area contributed by atoms with Gasteiger partial charge in [-0.1, -0.05) is 13.8 Å². The summed E-state index contributed by atoms with van der Waals surface area (Å²) in [4.78, 5) is 17.9. The largest absolute Gasteiger partial charge is 0.368 e. The van der Waals surface area contributed by atoms with Crippen molar-refractivity contribution >= 4 is 17.8 Å². The fourth-order valence-corrected chi connectivity index (χ4v) is 3.26. The Kier molecular flexibility index (Phi) is 4.12. The molecule has 1 atom stereocenters. The fourth-order valence-electron chi connectivity index (χ4n) is 3.26. The lowest BCUT2D eigenvalue weighted by atomic mass is 9.95. The zero-order valence-corrected chi connectivity index (χ0v) is 13.1. The van der Waals surface area contributed by atoms with Crippen molar-refractivity contribution in [2.75, 3.05) is 41.7 Å². The summed E-state index contributed by atoms with van der Waals surface area (Å²) in [7, 11) is 0. The van der Waals surface area contributed by atoms with Crippen LogP contribution in [-0.4, -0.2) is 41.1 Å². The summed E-state index contributed by atoms with van der Waals surface area (Å²) in [5.41, 5.74) is 5.91. The molecule has 1 unspecified atom stereocenters. The number of hydrogen-bond donors (Lipinski definition) is 1. The van der Waals surface area contributed by atoms with E-state index in [9.17, 15) is 0 Å². The van der Waals surface area contributed by atoms with Crippen molar-refractivity contribution in [3.63, 3.8) is 0 Å². The molecule has 0 spiro atoms. The molecule has 1 aromatic heterocycles. The van der Waals surface area contributed by atoms with Gasteiger partial charge in [-0.3, -0.25) is 0 Å². The lowest BCUT2D eigenvalue weighted by Crippen LogP contribution is -2.32. The Hall–Kier alpha value is -1.59. The molecule has 0 aliphatic carbocycles. The number of nitrogens with two attached hydrogens (primary N) is 1. The van der Waals surface area contributed by atoms with E-state index < -0.39 is 0 Å². The summed E-state index contributed by atoms with van der Waals surface area (Å²) in [6.45, 7) is 8.67. The number of anilines is 3. The summed E-state index contributed by atoms with van der Waals surface area (Å²) in [5, 5.41) is 0. The van der Waals surface area contributed by atoms with Gasteiger partial charge in [0, 0.05) is 26.2 Å². The number of piperidine rings is 1. The average Bonchev–Trinajstić information content (AvgIpc) is 2.98. The molecule has 2 saturated heterocycles. The van der Waals surface area contributed by atoms with E-state index >= 15 is 0 Å². The van der Waals surface area contributed by atoms with Crippen molar-refractivity contribution in [1.82, 2.24) is 15.0 Å². The zero-order chi connectivity index (χ0) is 14.8. The normalized spacial score (nSPS) is 23.1. The summed E-state index contributed by atoms with van der Waals surface area (Å²) >= 11 is 0. The van der Waals surface area contributed by atoms with Gasteiger partial charge in [0.25, 0.3) is 0 Å². The van der Waals surface area contributed by atoms with E-state index in [2.05, 4.69) is 38.6 Å². The van der Waals surface area contributed by atoms with E-state index in [1.165, 1.54) is 25.7 Å². The first-order valence-corrected chi connectivity index (χ1v) is 8.15. The zero-order valence-electron chi connectivity index (χ0n) is 13.1. The van der Waals surface area contributed by atoms with E-state index in [1.807, 2.05) is 0 Å². The van der Waals surface area contributed by atoms with Crippen molar-refractivity contribution < 1.29 is 0 Å². The molecule has 3 heterocycles. The molecule has 2 N–H and O–H groups in total. The van der Waals surface area contributed by atoms with Crippen LogP contribution in [0.15, 0.2) is 0 Å². The maximum atomic E-state index is 5.91. The van der Waals surface area contributed by atoms with Crippen molar-refractivity contribution in [3.8, 4) is 0 Å². The molecule has 3 rings (SSSR count). The predicted octanol–water partition coefficient (Wildman–Crippen LogP) is 1.93. The lowest BCUT2D eigenvalue weighted by Gasteiger charge is -2.27. The minimum absolute atomic E-state index is 0.341. The third-order valence-corrected chi connectivity index (χ3v) is 4.72. The number of aromatic nitrogens is 3. The first kappa shape index (κ1) is 14.4. The van der Waals surface area contributed by atoms with Gasteiger partial charge in [-0.05, 0) is 37.5 Å². The molecular formula is C15H26N6. The molecule has 2 aliphatic rings. The molecule has 0 amide bonds. The van der Waals surface area contributed by atoms with Crippen molar-refractivity contribution in [3.05, 3.63) is 0 Å². The highest BCUT2D eigenvalue weighted by atomic mass is 15.4. The molecule has 0 radical (unpaired) electrons. The Morgan fingerprint density at radius 3 is 2.24 bits per heavy atom. The van der Waals surface area contributed by atoms with Crippen LogP contribution in [0.5, 0.6) is 0 Å². The topological polar surface area (TPSA) is 71.2 Å². The van der Waals surface area contributed by atoms with Gasteiger partial charge in [-0.2, -0.15) is 15.0 Å². The maximum Gasteiger partial charge on any atom is 0.231 e. The van der Waals surface area contributed by atoms with Gasteiger partial charge < -0.3 is 15.5 Å². The molecule has 6 heteroatoms. The van der Waals surface area contributed by atoms with Crippen molar-refractivity contribution in [2.45, 2.75) is 39.5 Å². The second-order valence-electron chi connectivity index (χ2n) is 6.58. The van der Waals surface area contributed by atoms with Crippen LogP contribution in [0.25, 0.3) is 0 Å². The quantitative estimate of drug-likeness (QED) is 0.917. The van der Waals surface area contributed by atoms with Crippen LogP contribution in [0, 0.1) is 11.8 Å². The number of nitrogens with zero attached hydrogens (tertiary/aromatic N) is 5. The van der Waals surface area contributed by atoms with E-state index in [-0.39, 0.29) is 0 Å². The van der Waals surface area contributed by atoms with Crippen molar-refractivity contribution in [2.24, 2.45) is 11.8 Å². The highest BCUT2D eigenvalue weighted by molar-refractivity contribution is 5.44. The standard InChI is InChI=1S/C15H26N6/c1-11(2)12-6-9-21(10-12)15-18-13(16)17-14(19-15)20-7-4-3-5-8-20/h11-12H,3-10H2,1-2H3,(H2,16,17,18,19). The number of rotatable bonds is 3. The maximum absolute atomic E-state index is 5.91. The SMILES string of the molecule is CC(C)C1CCN(c2nc(N)nc(N3CCCCC3)n2)C1. The molecule has 0 bridgehead atoms. The molecule has 6 nitrogen and oxygen atoms in total. The minimum atomic E-state index is 0.341. The molecule has 116 valence electrons. The van der Waals surface area contributed by atoms with E-state index in [1.54, 1.807) is 0 Å². The van der Waals surface area contributed by atoms with Gasteiger partial charge in [0.15, 0.2) is 0 Å². The summed E-state index contributed by atoms with van der Waals surface area (Å²) in [6, 6.07) is 0. The van der Waals surface area contributed by atoms with Gasteiger partial charge in [0.2, 0.25) is 17.8 Å². The van der Waals surface area contributed by atoms with Crippen LogP contribution in [0.2, 0.25) is 0 Å². The monoisotopic (exact) mass is 290 g/mol. The molecule has 0 saturated carbocycles. The third-order valence-electron chi connectivity index (χ3n) is 4.72. The average molecular weight is 290 g/mol. The van der Waals surface area contributed by atoms with Crippen LogP contribution >= 0.6 is 0 Å². The second kappa shape index (κ2) is 6.03. The fraction of sp³-hybridized carbons (Fsp3) is 0.800. The van der Waals surface area contributed by atoms with Gasteiger partial charge in [-0.15, -0.1) is 0 Å². The van der Waals surface area contributed by atoms with Crippen LogP contribution in [-0.2, 0) is 0 Å². The number of hydrogen-bond acceptors (Lipinski definition) is 6. The molecule has 2 fully saturated rings. The van der Waals surface area contributed by atoms with Gasteiger partial charge in [-0.25, -0.2) is 0 Å². The third kappa shape index (κ3) is 3.19. The summed E-state index contributed by atoms with van der Waals surface area (Å²) in [5.74, 6) is 3.28. The van der Waals surface area contributed by atoms with Crippen LogP contribution < -0.4 is 15.5 Å². The van der Waals surface area contributed by atoms with Crippen LogP contribution in [0.4, 0.5) is 17.8 Å². The summed E-state index contributed by atoms with van der Waals surface area (Å²) in [6.07, 6.45) is 4.93. The predicted molar refractivity (Wildman–Crippen MR) is 85.5 cm³/mol. The van der Waals surface area contributed by atoms with E-state index in [0.717, 1.165) is 44.0 Å². The molecule has 1 aromatic rings. The Balaban J connectivity index is 1.78. The van der Waals surface area contributed by atoms with E-state index in [0.29, 0.717) is 11.9 Å². The molecule has 0 aromatic carbocycles. The highest BCUT2D eigenvalue weighted by Crippen LogP contribution is 2.27. The molecule has 2 aliphatic heterocycles. The second-order valence-corrected chi connectivity index (χ2v) is 6.58. The van der Waals surface area contributed by atoms with Crippen molar-refractivity contribution in [1.29, 1.82) is 0 Å². The van der Waals surface area contributed by atoms with Gasteiger partial charge >= 0.3 is 0 Å². The van der Waals surface area contributed by atoms with Gasteiger partial charge in [0.1, 0.15) is 0 Å². The Morgan fingerprint density at radius 2 is 1.62 bits per heavy atom. The first-order chi connectivity index (χ1) is 10.1. The first-order valence-electron chi connectivity index (χ1n) is 8.15. The molecule has 21 heavy (non-hydrogen) atoms. The lowest BCUT2D eigenvalue weighted by molar-refractivity contribution is 0.422. The highest BCUT2D eigenvalue weighted by Gasteiger charge is 2.27. The van der Waals surface area contributed by atoms with E-state index in [4.69, 9.17) is 5.73 Å².